The van der Waals surface area contributed by atoms with Crippen molar-refractivity contribution in [3.8, 4) is 0 Å². The Labute approximate surface area is 157 Å². The SMILES string of the molecule is CC(C)(C)c1ccccc1Nc1cc(C(=O)Nc2ccc(F)cc2)ncn1. The zero-order valence-electron chi connectivity index (χ0n) is 15.5. The molecule has 0 atom stereocenters. The molecule has 2 N–H and O–H groups in total. The van der Waals surface area contributed by atoms with Crippen molar-refractivity contribution in [2.24, 2.45) is 0 Å². The zero-order valence-corrected chi connectivity index (χ0v) is 15.5. The molecular formula is C21H21FN4O. The second-order valence-corrected chi connectivity index (χ2v) is 7.17. The molecule has 138 valence electrons. The summed E-state index contributed by atoms with van der Waals surface area (Å²) >= 11 is 0. The predicted octanol–water partition coefficient (Wildman–Crippen LogP) is 4.91. The lowest BCUT2D eigenvalue weighted by Crippen LogP contribution is -2.15. The van der Waals surface area contributed by atoms with Crippen molar-refractivity contribution in [3.05, 3.63) is 78.0 Å². The Balaban J connectivity index is 1.80. The van der Waals surface area contributed by atoms with E-state index in [4.69, 9.17) is 0 Å². The number of hydrogen-bond acceptors (Lipinski definition) is 4. The van der Waals surface area contributed by atoms with Gasteiger partial charge in [-0.1, -0.05) is 39.0 Å². The molecule has 0 aliphatic carbocycles. The Morgan fingerprint density at radius 1 is 1.00 bits per heavy atom. The van der Waals surface area contributed by atoms with Gasteiger partial charge >= 0.3 is 0 Å². The average Bonchev–Trinajstić information content (AvgIpc) is 2.63. The zero-order chi connectivity index (χ0) is 19.4. The Kier molecular flexibility index (Phi) is 5.16. The van der Waals surface area contributed by atoms with E-state index >= 15 is 0 Å². The van der Waals surface area contributed by atoms with E-state index in [1.165, 1.54) is 30.6 Å². The van der Waals surface area contributed by atoms with Crippen LogP contribution >= 0.6 is 0 Å². The van der Waals surface area contributed by atoms with Gasteiger partial charge in [-0.2, -0.15) is 0 Å². The Hall–Kier alpha value is -3.28. The molecule has 0 aliphatic heterocycles. The topological polar surface area (TPSA) is 66.9 Å². The number of para-hydroxylation sites is 1. The van der Waals surface area contributed by atoms with E-state index in [1.807, 2.05) is 18.2 Å². The van der Waals surface area contributed by atoms with Crippen LogP contribution in [0.25, 0.3) is 0 Å². The first-order valence-corrected chi connectivity index (χ1v) is 8.58. The van der Waals surface area contributed by atoms with Crippen molar-refractivity contribution < 1.29 is 9.18 Å². The van der Waals surface area contributed by atoms with Crippen LogP contribution in [-0.2, 0) is 5.41 Å². The van der Waals surface area contributed by atoms with Gasteiger partial charge in [-0.25, -0.2) is 14.4 Å². The molecular weight excluding hydrogens is 343 g/mol. The number of rotatable bonds is 4. The largest absolute Gasteiger partial charge is 0.340 e. The van der Waals surface area contributed by atoms with Crippen molar-refractivity contribution in [3.63, 3.8) is 0 Å². The fraction of sp³-hybridized carbons (Fsp3) is 0.190. The third-order valence-corrected chi connectivity index (χ3v) is 4.00. The maximum atomic E-state index is 13.0. The highest BCUT2D eigenvalue weighted by atomic mass is 19.1. The molecule has 0 unspecified atom stereocenters. The van der Waals surface area contributed by atoms with Gasteiger partial charge in [-0.15, -0.1) is 0 Å². The highest BCUT2D eigenvalue weighted by molar-refractivity contribution is 6.03. The van der Waals surface area contributed by atoms with Gasteiger partial charge < -0.3 is 10.6 Å². The molecule has 27 heavy (non-hydrogen) atoms. The number of nitrogens with one attached hydrogen (secondary N) is 2. The van der Waals surface area contributed by atoms with E-state index in [1.54, 1.807) is 6.07 Å². The van der Waals surface area contributed by atoms with Crippen LogP contribution in [-0.4, -0.2) is 15.9 Å². The van der Waals surface area contributed by atoms with Crippen LogP contribution in [0, 0.1) is 5.82 Å². The Bertz CT molecular complexity index is 949. The van der Waals surface area contributed by atoms with Crippen LogP contribution < -0.4 is 10.6 Å². The molecule has 1 aromatic heterocycles. The van der Waals surface area contributed by atoms with E-state index in [-0.39, 0.29) is 16.9 Å². The summed E-state index contributed by atoms with van der Waals surface area (Å²) in [6, 6.07) is 15.1. The Morgan fingerprint density at radius 3 is 2.41 bits per heavy atom. The van der Waals surface area contributed by atoms with Gasteiger partial charge in [0.25, 0.3) is 5.91 Å². The van der Waals surface area contributed by atoms with Gasteiger partial charge in [-0.05, 0) is 41.3 Å². The molecule has 2 aromatic carbocycles. The number of amides is 1. The monoisotopic (exact) mass is 364 g/mol. The van der Waals surface area contributed by atoms with Crippen LogP contribution in [0.5, 0.6) is 0 Å². The quantitative estimate of drug-likeness (QED) is 0.690. The number of hydrogen-bond donors (Lipinski definition) is 2. The summed E-state index contributed by atoms with van der Waals surface area (Å²) in [5.74, 6) is -0.235. The average molecular weight is 364 g/mol. The minimum atomic E-state index is -0.392. The van der Waals surface area contributed by atoms with Gasteiger partial charge in [-0.3, -0.25) is 4.79 Å². The minimum absolute atomic E-state index is 0.0423. The fourth-order valence-corrected chi connectivity index (χ4v) is 2.66. The molecule has 6 heteroatoms. The number of nitrogens with zero attached hydrogens (tertiary/aromatic N) is 2. The number of benzene rings is 2. The molecule has 0 bridgehead atoms. The van der Waals surface area contributed by atoms with Gasteiger partial charge in [0.05, 0.1) is 0 Å². The summed E-state index contributed by atoms with van der Waals surface area (Å²) in [7, 11) is 0. The summed E-state index contributed by atoms with van der Waals surface area (Å²) in [4.78, 5) is 20.6. The standard InChI is InChI=1S/C21H21FN4O/c1-21(2,3)16-6-4-5-7-17(16)26-19-12-18(23-13-24-19)20(27)25-15-10-8-14(22)9-11-15/h4-13H,1-3H3,(H,25,27)(H,23,24,26). The van der Waals surface area contributed by atoms with E-state index in [0.29, 0.717) is 11.5 Å². The lowest BCUT2D eigenvalue weighted by atomic mass is 9.86. The maximum Gasteiger partial charge on any atom is 0.274 e. The first-order valence-electron chi connectivity index (χ1n) is 8.58. The fourth-order valence-electron chi connectivity index (χ4n) is 2.66. The summed E-state index contributed by atoms with van der Waals surface area (Å²) in [5.41, 5.74) is 2.73. The molecule has 0 fully saturated rings. The molecule has 0 saturated heterocycles. The van der Waals surface area contributed by atoms with Crippen LogP contribution in [0.3, 0.4) is 0 Å². The van der Waals surface area contributed by atoms with Crippen molar-refractivity contribution in [2.45, 2.75) is 26.2 Å². The predicted molar refractivity (Wildman–Crippen MR) is 105 cm³/mol. The van der Waals surface area contributed by atoms with Gasteiger partial charge in [0.1, 0.15) is 23.7 Å². The minimum Gasteiger partial charge on any atom is -0.340 e. The van der Waals surface area contributed by atoms with E-state index < -0.39 is 5.91 Å². The van der Waals surface area contributed by atoms with Crippen molar-refractivity contribution in [1.82, 2.24) is 9.97 Å². The van der Waals surface area contributed by atoms with Gasteiger partial charge in [0.15, 0.2) is 0 Å². The first-order chi connectivity index (χ1) is 12.8. The van der Waals surface area contributed by atoms with E-state index in [0.717, 1.165) is 11.3 Å². The van der Waals surface area contributed by atoms with Crippen LogP contribution in [0.1, 0.15) is 36.8 Å². The number of anilines is 3. The van der Waals surface area contributed by atoms with E-state index in [2.05, 4.69) is 47.4 Å². The molecule has 1 heterocycles. The second kappa shape index (κ2) is 7.53. The van der Waals surface area contributed by atoms with Crippen molar-refractivity contribution in [1.29, 1.82) is 0 Å². The highest BCUT2D eigenvalue weighted by Gasteiger charge is 2.18. The van der Waals surface area contributed by atoms with Crippen LogP contribution in [0.15, 0.2) is 60.9 Å². The van der Waals surface area contributed by atoms with E-state index in [9.17, 15) is 9.18 Å². The number of aromatic nitrogens is 2. The smallest absolute Gasteiger partial charge is 0.274 e. The molecule has 0 radical (unpaired) electrons. The molecule has 3 aromatic rings. The number of carbonyl (C=O) groups is 1. The van der Waals surface area contributed by atoms with Crippen molar-refractivity contribution >= 4 is 23.1 Å². The highest BCUT2D eigenvalue weighted by Crippen LogP contribution is 2.30. The second-order valence-electron chi connectivity index (χ2n) is 7.17. The third kappa shape index (κ3) is 4.67. The lowest BCUT2D eigenvalue weighted by Gasteiger charge is -2.23. The van der Waals surface area contributed by atoms with Crippen LogP contribution in [0.4, 0.5) is 21.6 Å². The first kappa shape index (κ1) is 18.5. The molecule has 3 rings (SSSR count). The normalized spacial score (nSPS) is 11.1. The Morgan fingerprint density at radius 2 is 1.70 bits per heavy atom. The molecule has 0 aliphatic rings. The molecule has 5 nitrogen and oxygen atoms in total. The van der Waals surface area contributed by atoms with Gasteiger partial charge in [0, 0.05) is 17.4 Å². The van der Waals surface area contributed by atoms with Crippen LogP contribution in [0.2, 0.25) is 0 Å². The summed E-state index contributed by atoms with van der Waals surface area (Å²) in [6.45, 7) is 6.40. The number of halogens is 1. The third-order valence-electron chi connectivity index (χ3n) is 4.00. The summed E-state index contributed by atoms with van der Waals surface area (Å²) in [6.07, 6.45) is 1.33. The van der Waals surface area contributed by atoms with Crippen molar-refractivity contribution in [2.75, 3.05) is 10.6 Å². The summed E-state index contributed by atoms with van der Waals surface area (Å²) in [5, 5.41) is 5.95. The number of carbonyl (C=O) groups excluding carboxylic acids is 1. The molecule has 0 spiro atoms. The summed E-state index contributed by atoms with van der Waals surface area (Å²) < 4.78 is 13.0. The molecule has 0 saturated carbocycles. The lowest BCUT2D eigenvalue weighted by molar-refractivity contribution is 0.102. The van der Waals surface area contributed by atoms with Gasteiger partial charge in [0.2, 0.25) is 0 Å². The maximum absolute atomic E-state index is 13.0. The molecule has 1 amide bonds.